The van der Waals surface area contributed by atoms with Gasteiger partial charge in [0.2, 0.25) is 5.91 Å². The molecule has 6 nitrogen and oxygen atoms in total. The number of carbonyl (C=O) groups excluding carboxylic acids is 1. The van der Waals surface area contributed by atoms with Crippen LogP contribution in [0, 0.1) is 0 Å². The maximum atomic E-state index is 12.7. The molecule has 0 unspecified atom stereocenters. The predicted molar refractivity (Wildman–Crippen MR) is 94.6 cm³/mol. The first-order valence-electron chi connectivity index (χ1n) is 8.45. The lowest BCUT2D eigenvalue weighted by atomic mass is 10.2. The summed E-state index contributed by atoms with van der Waals surface area (Å²) in [7, 11) is 0. The number of nitrogens with zero attached hydrogens (tertiary/aromatic N) is 3. The fraction of sp³-hybridized carbons (Fsp3) is 0.471. The average Bonchev–Trinajstić information content (AvgIpc) is 3.26. The monoisotopic (exact) mass is 344 g/mol. The van der Waals surface area contributed by atoms with Crippen LogP contribution in [0.15, 0.2) is 22.3 Å². The highest BCUT2D eigenvalue weighted by Gasteiger charge is 2.19. The molecular weight excluding hydrogens is 324 g/mol. The minimum Gasteiger partial charge on any atom is -0.352 e. The van der Waals surface area contributed by atoms with Crippen LogP contribution < -0.4 is 10.9 Å². The smallest absolute Gasteiger partial charge is 0.291 e. The summed E-state index contributed by atoms with van der Waals surface area (Å²) in [6.07, 6.45) is 5.08. The van der Waals surface area contributed by atoms with Crippen molar-refractivity contribution in [3.8, 4) is 0 Å². The molecule has 1 aliphatic carbocycles. The van der Waals surface area contributed by atoms with E-state index < -0.39 is 0 Å². The number of hydrogen-bond acceptors (Lipinski definition) is 4. The fourth-order valence-electron chi connectivity index (χ4n) is 3.51. The lowest BCUT2D eigenvalue weighted by Gasteiger charge is -2.13. The van der Waals surface area contributed by atoms with Crippen LogP contribution in [0.5, 0.6) is 0 Å². The molecule has 1 amide bonds. The van der Waals surface area contributed by atoms with E-state index in [4.69, 9.17) is 0 Å². The van der Waals surface area contributed by atoms with Crippen molar-refractivity contribution < 1.29 is 4.79 Å². The molecule has 0 saturated heterocycles. The van der Waals surface area contributed by atoms with E-state index in [-0.39, 0.29) is 24.1 Å². The van der Waals surface area contributed by atoms with Gasteiger partial charge in [-0.15, -0.1) is 11.3 Å². The average molecular weight is 344 g/mol. The number of thiophene rings is 1. The van der Waals surface area contributed by atoms with Gasteiger partial charge in [0.05, 0.1) is 0 Å². The van der Waals surface area contributed by atoms with E-state index in [0.29, 0.717) is 11.9 Å². The van der Waals surface area contributed by atoms with Crippen LogP contribution >= 0.6 is 11.3 Å². The Balaban J connectivity index is 1.71. The van der Waals surface area contributed by atoms with Crippen molar-refractivity contribution in [3.63, 3.8) is 0 Å². The Morgan fingerprint density at radius 2 is 2.21 bits per heavy atom. The molecular formula is C17H20N4O2S. The lowest BCUT2D eigenvalue weighted by Crippen LogP contribution is -2.39. The number of aryl methyl sites for hydroxylation is 1. The molecule has 0 spiro atoms. The Bertz CT molecular complexity index is 962. The number of aromatic nitrogens is 3. The molecule has 7 heteroatoms. The quantitative estimate of drug-likeness (QED) is 0.790. The van der Waals surface area contributed by atoms with Crippen molar-refractivity contribution >= 4 is 33.0 Å². The van der Waals surface area contributed by atoms with E-state index in [1.165, 1.54) is 4.68 Å². The zero-order valence-corrected chi connectivity index (χ0v) is 14.4. The van der Waals surface area contributed by atoms with E-state index in [1.807, 2.05) is 28.8 Å². The molecule has 1 N–H and O–H groups in total. The summed E-state index contributed by atoms with van der Waals surface area (Å²) < 4.78 is 3.23. The Kier molecular flexibility index (Phi) is 3.88. The summed E-state index contributed by atoms with van der Waals surface area (Å²) >= 11 is 1.60. The Morgan fingerprint density at radius 3 is 2.96 bits per heavy atom. The minimum atomic E-state index is -0.211. The summed E-state index contributed by atoms with van der Waals surface area (Å²) in [5, 5.41) is 10.5. The number of rotatable bonds is 4. The highest BCUT2D eigenvalue weighted by Crippen LogP contribution is 2.24. The molecule has 0 bridgehead atoms. The van der Waals surface area contributed by atoms with E-state index >= 15 is 0 Å². The molecule has 0 radical (unpaired) electrons. The maximum Gasteiger partial charge on any atom is 0.291 e. The largest absolute Gasteiger partial charge is 0.352 e. The minimum absolute atomic E-state index is 0.0162. The number of hydrogen-bond donors (Lipinski definition) is 1. The second kappa shape index (κ2) is 6.05. The Labute approximate surface area is 143 Å². The van der Waals surface area contributed by atoms with E-state index in [9.17, 15) is 9.59 Å². The summed E-state index contributed by atoms with van der Waals surface area (Å²) in [5.41, 5.74) is 0.384. The lowest BCUT2D eigenvalue weighted by molar-refractivity contribution is -0.122. The van der Waals surface area contributed by atoms with Gasteiger partial charge in [-0.2, -0.15) is 5.10 Å². The SMILES string of the molecule is CCc1nn(CC(=O)NC2CCCC2)c(=O)c2cc3ccsc3n12. The molecule has 24 heavy (non-hydrogen) atoms. The first-order valence-corrected chi connectivity index (χ1v) is 9.33. The van der Waals surface area contributed by atoms with Crippen LogP contribution in [-0.4, -0.2) is 26.1 Å². The van der Waals surface area contributed by atoms with Gasteiger partial charge < -0.3 is 5.32 Å². The van der Waals surface area contributed by atoms with Crippen molar-refractivity contribution in [2.75, 3.05) is 0 Å². The number of amides is 1. The van der Waals surface area contributed by atoms with Gasteiger partial charge in [-0.1, -0.05) is 19.8 Å². The molecule has 0 atom stereocenters. The normalized spacial score (nSPS) is 15.5. The zero-order chi connectivity index (χ0) is 16.7. The second-order valence-corrected chi connectivity index (χ2v) is 7.22. The van der Waals surface area contributed by atoms with Crippen molar-refractivity contribution in [2.45, 2.75) is 51.6 Å². The molecule has 1 saturated carbocycles. The molecule has 4 rings (SSSR count). The first kappa shape index (κ1) is 15.4. The molecule has 3 heterocycles. The summed E-state index contributed by atoms with van der Waals surface area (Å²) in [6, 6.07) is 4.14. The van der Waals surface area contributed by atoms with E-state index in [2.05, 4.69) is 10.4 Å². The first-order chi connectivity index (χ1) is 11.7. The van der Waals surface area contributed by atoms with Crippen LogP contribution in [0.4, 0.5) is 0 Å². The highest BCUT2D eigenvalue weighted by molar-refractivity contribution is 7.16. The van der Waals surface area contributed by atoms with Gasteiger partial charge in [-0.3, -0.25) is 14.0 Å². The van der Waals surface area contributed by atoms with Crippen LogP contribution in [0.25, 0.3) is 15.7 Å². The van der Waals surface area contributed by atoms with Crippen LogP contribution in [0.2, 0.25) is 0 Å². The number of carbonyl (C=O) groups is 1. The topological polar surface area (TPSA) is 68.4 Å². The number of nitrogens with one attached hydrogen (secondary N) is 1. The van der Waals surface area contributed by atoms with Crippen LogP contribution in [0.3, 0.4) is 0 Å². The molecule has 126 valence electrons. The predicted octanol–water partition coefficient (Wildman–Crippen LogP) is 2.33. The Hall–Kier alpha value is -2.15. The van der Waals surface area contributed by atoms with Gasteiger partial charge in [0.1, 0.15) is 22.7 Å². The standard InChI is InChI=1S/C17H20N4O2S/c1-2-14-19-20(10-15(22)18-12-5-3-4-6-12)16(23)13-9-11-7-8-24-17(11)21(13)14/h7-9,12H,2-6,10H2,1H3,(H,18,22). The van der Waals surface area contributed by atoms with Gasteiger partial charge in [-0.25, -0.2) is 4.68 Å². The van der Waals surface area contributed by atoms with Crippen LogP contribution in [0.1, 0.15) is 38.4 Å². The van der Waals surface area contributed by atoms with Crippen LogP contribution in [-0.2, 0) is 17.8 Å². The van der Waals surface area contributed by atoms with Crippen molar-refractivity contribution in [3.05, 3.63) is 33.7 Å². The molecule has 1 fully saturated rings. The summed E-state index contributed by atoms with van der Waals surface area (Å²) in [6.45, 7) is 1.99. The third-order valence-electron chi connectivity index (χ3n) is 4.69. The van der Waals surface area contributed by atoms with E-state index in [0.717, 1.165) is 41.7 Å². The summed E-state index contributed by atoms with van der Waals surface area (Å²) in [4.78, 5) is 26.0. The Morgan fingerprint density at radius 1 is 1.42 bits per heavy atom. The molecule has 0 aliphatic heterocycles. The molecule has 3 aromatic rings. The third kappa shape index (κ3) is 2.53. The van der Waals surface area contributed by atoms with Crippen molar-refractivity contribution in [2.24, 2.45) is 0 Å². The number of fused-ring (bicyclic) bond motifs is 3. The highest BCUT2D eigenvalue weighted by atomic mass is 32.1. The molecule has 1 aliphatic rings. The zero-order valence-electron chi connectivity index (χ0n) is 13.6. The summed E-state index contributed by atoms with van der Waals surface area (Å²) in [5.74, 6) is 0.673. The molecule has 0 aromatic carbocycles. The van der Waals surface area contributed by atoms with Gasteiger partial charge >= 0.3 is 0 Å². The third-order valence-corrected chi connectivity index (χ3v) is 5.60. The van der Waals surface area contributed by atoms with Gasteiger partial charge in [0.15, 0.2) is 0 Å². The second-order valence-electron chi connectivity index (χ2n) is 6.33. The fourth-order valence-corrected chi connectivity index (χ4v) is 4.43. The van der Waals surface area contributed by atoms with Crippen molar-refractivity contribution in [1.82, 2.24) is 19.5 Å². The molecule has 3 aromatic heterocycles. The van der Waals surface area contributed by atoms with Gasteiger partial charge in [-0.05, 0) is 30.4 Å². The van der Waals surface area contributed by atoms with Gasteiger partial charge in [0.25, 0.3) is 5.56 Å². The maximum absolute atomic E-state index is 12.7. The van der Waals surface area contributed by atoms with E-state index in [1.54, 1.807) is 11.3 Å². The van der Waals surface area contributed by atoms with Gasteiger partial charge in [0, 0.05) is 17.8 Å². The van der Waals surface area contributed by atoms with Crippen molar-refractivity contribution in [1.29, 1.82) is 0 Å².